The van der Waals surface area contributed by atoms with Gasteiger partial charge in [-0.2, -0.15) is 4.31 Å². The van der Waals surface area contributed by atoms with Crippen LogP contribution in [0.3, 0.4) is 0 Å². The van der Waals surface area contributed by atoms with Crippen LogP contribution < -0.4 is 10.1 Å². The summed E-state index contributed by atoms with van der Waals surface area (Å²) in [6.07, 6.45) is 1.07. The third-order valence-electron chi connectivity index (χ3n) is 5.04. The molecule has 0 aliphatic carbocycles. The molecule has 1 fully saturated rings. The van der Waals surface area contributed by atoms with E-state index in [1.165, 1.54) is 21.7 Å². The summed E-state index contributed by atoms with van der Waals surface area (Å²) in [5.41, 5.74) is 2.63. The van der Waals surface area contributed by atoms with Gasteiger partial charge in [-0.3, -0.25) is 4.79 Å². The van der Waals surface area contributed by atoms with Crippen molar-refractivity contribution in [2.24, 2.45) is 0 Å². The number of aromatic nitrogens is 1. The van der Waals surface area contributed by atoms with E-state index in [9.17, 15) is 13.2 Å². The number of amides is 1. The lowest BCUT2D eigenvalue weighted by Gasteiger charge is -2.22. The Kier molecular flexibility index (Phi) is 6.36. The predicted octanol–water partition coefficient (Wildman–Crippen LogP) is 4.63. The van der Waals surface area contributed by atoms with Gasteiger partial charge in [0.1, 0.15) is 16.0 Å². The molecule has 0 bridgehead atoms. The van der Waals surface area contributed by atoms with E-state index in [2.05, 4.69) is 10.3 Å². The minimum atomic E-state index is -3.78. The molecule has 1 aromatic carbocycles. The number of nitrogens with one attached hydrogen (secondary N) is 1. The molecule has 11 heteroatoms. The van der Waals surface area contributed by atoms with E-state index in [1.807, 2.05) is 30.5 Å². The molecule has 1 atom stereocenters. The Morgan fingerprint density at radius 1 is 1.32 bits per heavy atom. The van der Waals surface area contributed by atoms with Crippen molar-refractivity contribution in [2.45, 2.75) is 30.0 Å². The van der Waals surface area contributed by atoms with E-state index in [-0.39, 0.29) is 10.1 Å². The average Bonchev–Trinajstić information content (AvgIpc) is 3.48. The van der Waals surface area contributed by atoms with Crippen LogP contribution in [0.25, 0.3) is 11.3 Å². The molecular weight excluding hydrogens is 478 g/mol. The summed E-state index contributed by atoms with van der Waals surface area (Å²) < 4.78 is 33.0. The second-order valence-corrected chi connectivity index (χ2v) is 11.7. The van der Waals surface area contributed by atoms with Crippen molar-refractivity contribution in [3.8, 4) is 17.0 Å². The van der Waals surface area contributed by atoms with E-state index < -0.39 is 16.1 Å². The lowest BCUT2D eigenvalue weighted by atomic mass is 10.1. The number of hydrogen-bond acceptors (Lipinski definition) is 7. The molecule has 0 radical (unpaired) electrons. The van der Waals surface area contributed by atoms with Gasteiger partial charge >= 0.3 is 0 Å². The SMILES string of the molecule is COc1ccc(-c2csc(NC(=O)C3CCCN3S(=O)(=O)c3ccc(Cl)s3)n2)cc1C. The zero-order valence-electron chi connectivity index (χ0n) is 16.8. The maximum atomic E-state index is 13.0. The molecule has 3 aromatic rings. The number of halogens is 1. The number of nitrogens with zero attached hydrogens (tertiary/aromatic N) is 2. The molecule has 31 heavy (non-hydrogen) atoms. The Labute approximate surface area is 193 Å². The number of carbonyl (C=O) groups excluding carboxylic acids is 1. The summed E-state index contributed by atoms with van der Waals surface area (Å²) in [4.78, 5) is 17.4. The minimum Gasteiger partial charge on any atom is -0.496 e. The average molecular weight is 498 g/mol. The highest BCUT2D eigenvalue weighted by Gasteiger charge is 2.40. The van der Waals surface area contributed by atoms with Crippen LogP contribution in [0.2, 0.25) is 4.34 Å². The molecular formula is C20H20ClN3O4S3. The second-order valence-electron chi connectivity index (χ2n) is 7.04. The largest absolute Gasteiger partial charge is 0.496 e. The van der Waals surface area contributed by atoms with Crippen molar-refractivity contribution in [2.75, 3.05) is 19.0 Å². The summed E-state index contributed by atoms with van der Waals surface area (Å²) >= 11 is 8.19. The highest BCUT2D eigenvalue weighted by Crippen LogP contribution is 2.33. The minimum absolute atomic E-state index is 0.142. The third kappa shape index (κ3) is 4.49. The van der Waals surface area contributed by atoms with Gasteiger partial charge in [0.25, 0.3) is 10.0 Å². The van der Waals surface area contributed by atoms with Crippen LogP contribution in [0.1, 0.15) is 18.4 Å². The molecule has 1 N–H and O–H groups in total. The second kappa shape index (κ2) is 8.87. The topological polar surface area (TPSA) is 88.6 Å². The maximum Gasteiger partial charge on any atom is 0.253 e. The van der Waals surface area contributed by atoms with E-state index in [4.69, 9.17) is 16.3 Å². The number of hydrogen-bond donors (Lipinski definition) is 1. The monoisotopic (exact) mass is 497 g/mol. The number of sulfonamides is 1. The first-order valence-corrected chi connectivity index (χ1v) is 13.0. The number of carbonyl (C=O) groups is 1. The fraction of sp³-hybridized carbons (Fsp3) is 0.300. The Bertz CT molecular complexity index is 1220. The molecule has 1 amide bonds. The van der Waals surface area contributed by atoms with Crippen LogP contribution in [-0.2, 0) is 14.8 Å². The molecule has 3 heterocycles. The van der Waals surface area contributed by atoms with Crippen molar-refractivity contribution in [3.63, 3.8) is 0 Å². The molecule has 4 rings (SSSR count). The number of rotatable bonds is 6. The van der Waals surface area contributed by atoms with Gasteiger partial charge in [-0.1, -0.05) is 11.6 Å². The summed E-state index contributed by atoms with van der Waals surface area (Å²) in [6, 6.07) is 7.99. The van der Waals surface area contributed by atoms with Crippen LogP contribution >= 0.6 is 34.3 Å². The normalized spacial score (nSPS) is 17.1. The molecule has 164 valence electrons. The molecule has 1 unspecified atom stereocenters. The number of thiazole rings is 1. The molecule has 0 spiro atoms. The molecule has 1 aliphatic rings. The van der Waals surface area contributed by atoms with Crippen LogP contribution in [0, 0.1) is 6.92 Å². The maximum absolute atomic E-state index is 13.0. The van der Waals surface area contributed by atoms with Gasteiger partial charge in [-0.15, -0.1) is 22.7 Å². The van der Waals surface area contributed by atoms with Gasteiger partial charge in [0, 0.05) is 17.5 Å². The van der Waals surface area contributed by atoms with Gasteiger partial charge in [-0.25, -0.2) is 13.4 Å². The third-order valence-corrected chi connectivity index (χ3v) is 9.41. The number of benzene rings is 1. The van der Waals surface area contributed by atoms with Gasteiger partial charge in [0.2, 0.25) is 5.91 Å². The summed E-state index contributed by atoms with van der Waals surface area (Å²) in [5, 5.41) is 5.07. The van der Waals surface area contributed by atoms with Crippen molar-refractivity contribution in [1.29, 1.82) is 0 Å². The molecule has 7 nitrogen and oxygen atoms in total. The van der Waals surface area contributed by atoms with E-state index >= 15 is 0 Å². The van der Waals surface area contributed by atoms with E-state index in [1.54, 1.807) is 13.2 Å². The molecule has 0 saturated carbocycles. The van der Waals surface area contributed by atoms with Gasteiger partial charge < -0.3 is 10.1 Å². The number of anilines is 1. The van der Waals surface area contributed by atoms with E-state index in [0.29, 0.717) is 28.9 Å². The highest BCUT2D eigenvalue weighted by molar-refractivity contribution is 7.91. The van der Waals surface area contributed by atoms with Crippen molar-refractivity contribution in [3.05, 3.63) is 45.6 Å². The first kappa shape index (κ1) is 22.2. The lowest BCUT2D eigenvalue weighted by Crippen LogP contribution is -2.42. The van der Waals surface area contributed by atoms with Crippen molar-refractivity contribution in [1.82, 2.24) is 9.29 Å². The number of methoxy groups -OCH3 is 1. The number of thiophene rings is 1. The number of aryl methyl sites for hydroxylation is 1. The van der Waals surface area contributed by atoms with Crippen molar-refractivity contribution < 1.29 is 17.9 Å². The van der Waals surface area contributed by atoms with Crippen LogP contribution in [0.5, 0.6) is 5.75 Å². The Morgan fingerprint density at radius 2 is 2.13 bits per heavy atom. The Morgan fingerprint density at radius 3 is 2.81 bits per heavy atom. The quantitative estimate of drug-likeness (QED) is 0.536. The highest BCUT2D eigenvalue weighted by atomic mass is 35.5. The molecule has 1 aliphatic heterocycles. The summed E-state index contributed by atoms with van der Waals surface area (Å²) in [6.45, 7) is 2.25. The van der Waals surface area contributed by atoms with Crippen molar-refractivity contribution >= 4 is 55.3 Å². The Hall–Kier alpha value is -1.98. The molecule has 1 saturated heterocycles. The first-order valence-electron chi connectivity index (χ1n) is 9.48. The predicted molar refractivity (Wildman–Crippen MR) is 124 cm³/mol. The lowest BCUT2D eigenvalue weighted by molar-refractivity contribution is -0.119. The standard InChI is InChI=1S/C20H20ClN3O4S3/c1-12-10-13(5-6-16(12)28-2)14-11-29-20(22-14)23-19(25)15-4-3-9-24(15)31(26,27)18-8-7-17(21)30-18/h5-8,10-11,15H,3-4,9H2,1-2H3,(H,22,23,25). The summed E-state index contributed by atoms with van der Waals surface area (Å²) in [7, 11) is -2.15. The first-order chi connectivity index (χ1) is 14.8. The number of ether oxygens (including phenoxy) is 1. The fourth-order valence-electron chi connectivity index (χ4n) is 3.53. The van der Waals surface area contributed by atoms with Crippen LogP contribution in [-0.4, -0.2) is 43.3 Å². The fourth-order valence-corrected chi connectivity index (χ4v) is 7.52. The smallest absolute Gasteiger partial charge is 0.253 e. The van der Waals surface area contributed by atoms with Crippen LogP contribution in [0.4, 0.5) is 5.13 Å². The zero-order chi connectivity index (χ0) is 22.2. The van der Waals surface area contributed by atoms with Gasteiger partial charge in [0.05, 0.1) is 17.1 Å². The zero-order valence-corrected chi connectivity index (χ0v) is 20.0. The Balaban J connectivity index is 1.50. The van der Waals surface area contributed by atoms with Gasteiger partial charge in [0.15, 0.2) is 5.13 Å². The summed E-state index contributed by atoms with van der Waals surface area (Å²) in [5.74, 6) is 0.414. The molecule has 2 aromatic heterocycles. The van der Waals surface area contributed by atoms with Crippen LogP contribution in [0.15, 0.2) is 39.9 Å². The van der Waals surface area contributed by atoms with E-state index in [0.717, 1.165) is 33.9 Å². The van der Waals surface area contributed by atoms with Gasteiger partial charge in [-0.05, 0) is 55.7 Å².